The third-order valence-electron chi connectivity index (χ3n) is 3.15. The van der Waals surface area contributed by atoms with Gasteiger partial charge in [-0.2, -0.15) is 8.78 Å². The predicted molar refractivity (Wildman–Crippen MR) is 70.4 cm³/mol. The average molecular weight is 287 g/mol. The molecule has 1 aliphatic heterocycles. The summed E-state index contributed by atoms with van der Waals surface area (Å²) in [5.41, 5.74) is 0. The lowest BCUT2D eigenvalue weighted by Crippen LogP contribution is -2.40. The molecule has 6 heteroatoms. The molecular formula is C14H19F2NO3. The van der Waals surface area contributed by atoms with Crippen LogP contribution in [0.3, 0.4) is 0 Å². The van der Waals surface area contributed by atoms with E-state index in [1.54, 1.807) is 18.2 Å². The zero-order chi connectivity index (χ0) is 14.4. The zero-order valence-electron chi connectivity index (χ0n) is 11.5. The topological polar surface area (TPSA) is 30.9 Å². The van der Waals surface area contributed by atoms with Crippen LogP contribution in [0.2, 0.25) is 0 Å². The summed E-state index contributed by atoms with van der Waals surface area (Å²) in [5.74, 6) is 0.362. The molecule has 0 atom stereocenters. The van der Waals surface area contributed by atoms with Crippen LogP contribution in [-0.2, 0) is 4.74 Å². The number of benzene rings is 1. The van der Waals surface area contributed by atoms with Crippen LogP contribution in [0, 0.1) is 0 Å². The molecule has 1 saturated heterocycles. The van der Waals surface area contributed by atoms with Crippen molar-refractivity contribution in [3.05, 3.63) is 24.3 Å². The van der Waals surface area contributed by atoms with Crippen molar-refractivity contribution < 1.29 is 23.0 Å². The van der Waals surface area contributed by atoms with Gasteiger partial charge in [-0.25, -0.2) is 0 Å². The van der Waals surface area contributed by atoms with E-state index >= 15 is 0 Å². The Morgan fingerprint density at radius 2 is 1.85 bits per heavy atom. The first-order valence-electron chi connectivity index (χ1n) is 6.61. The highest BCUT2D eigenvalue weighted by Crippen LogP contribution is 2.32. The first-order chi connectivity index (χ1) is 9.61. The van der Waals surface area contributed by atoms with Crippen molar-refractivity contribution in [3.63, 3.8) is 0 Å². The SMILES string of the molecule is COc1ccccc1OC(F)(F)CCN1CCOCC1. The fourth-order valence-electron chi connectivity index (χ4n) is 2.03. The largest absolute Gasteiger partial charge is 0.493 e. The molecule has 1 aromatic rings. The molecule has 2 rings (SSSR count). The summed E-state index contributed by atoms with van der Waals surface area (Å²) < 4.78 is 42.7. The van der Waals surface area contributed by atoms with Crippen LogP contribution in [-0.4, -0.2) is 51.0 Å². The van der Waals surface area contributed by atoms with E-state index < -0.39 is 6.11 Å². The van der Waals surface area contributed by atoms with E-state index in [1.165, 1.54) is 13.2 Å². The molecule has 0 N–H and O–H groups in total. The Balaban J connectivity index is 1.89. The number of morpholine rings is 1. The Labute approximate surface area is 117 Å². The number of ether oxygens (including phenoxy) is 3. The van der Waals surface area contributed by atoms with Gasteiger partial charge in [-0.15, -0.1) is 0 Å². The summed E-state index contributed by atoms with van der Waals surface area (Å²) >= 11 is 0. The normalized spacial score (nSPS) is 16.9. The first kappa shape index (κ1) is 15.0. The summed E-state index contributed by atoms with van der Waals surface area (Å²) in [4.78, 5) is 1.95. The van der Waals surface area contributed by atoms with E-state index in [9.17, 15) is 8.78 Å². The number of rotatable bonds is 6. The van der Waals surface area contributed by atoms with Crippen LogP contribution in [0.4, 0.5) is 8.78 Å². The molecule has 0 spiro atoms. The Morgan fingerprint density at radius 1 is 1.20 bits per heavy atom. The van der Waals surface area contributed by atoms with E-state index in [4.69, 9.17) is 14.2 Å². The van der Waals surface area contributed by atoms with Crippen LogP contribution in [0.25, 0.3) is 0 Å². The van der Waals surface area contributed by atoms with Gasteiger partial charge in [0.05, 0.1) is 26.7 Å². The van der Waals surface area contributed by atoms with Gasteiger partial charge in [-0.3, -0.25) is 4.90 Å². The van der Waals surface area contributed by atoms with E-state index in [0.717, 1.165) is 0 Å². The number of alkyl halides is 2. The summed E-state index contributed by atoms with van der Waals surface area (Å²) in [6.45, 7) is 2.85. The molecule has 0 aromatic heterocycles. The number of hydrogen-bond donors (Lipinski definition) is 0. The van der Waals surface area contributed by atoms with Gasteiger partial charge in [-0.05, 0) is 12.1 Å². The maximum absolute atomic E-state index is 13.8. The molecule has 0 amide bonds. The lowest BCUT2D eigenvalue weighted by Gasteiger charge is -2.28. The lowest BCUT2D eigenvalue weighted by molar-refractivity contribution is -0.184. The number of hydrogen-bond acceptors (Lipinski definition) is 4. The van der Waals surface area contributed by atoms with E-state index in [0.29, 0.717) is 32.1 Å². The number of para-hydroxylation sites is 2. The quantitative estimate of drug-likeness (QED) is 0.804. The second-order valence-corrected chi connectivity index (χ2v) is 4.59. The molecule has 20 heavy (non-hydrogen) atoms. The Kier molecular flexibility index (Phi) is 5.14. The summed E-state index contributed by atoms with van der Waals surface area (Å²) in [6.07, 6.45) is -3.57. The standard InChI is InChI=1S/C14H19F2NO3/c1-18-12-4-2-3-5-13(12)20-14(15,16)6-7-17-8-10-19-11-9-17/h2-5H,6-11H2,1H3. The molecule has 1 aliphatic rings. The lowest BCUT2D eigenvalue weighted by atomic mass is 10.3. The van der Waals surface area contributed by atoms with Gasteiger partial charge in [-0.1, -0.05) is 12.1 Å². The number of nitrogens with zero attached hydrogens (tertiary/aromatic N) is 1. The molecular weight excluding hydrogens is 268 g/mol. The van der Waals surface area contributed by atoms with E-state index in [1.807, 2.05) is 4.90 Å². The molecule has 4 nitrogen and oxygen atoms in total. The maximum atomic E-state index is 13.8. The van der Waals surface area contributed by atoms with Crippen molar-refractivity contribution in [1.29, 1.82) is 0 Å². The Morgan fingerprint density at radius 3 is 2.50 bits per heavy atom. The van der Waals surface area contributed by atoms with Crippen molar-refractivity contribution in [2.75, 3.05) is 40.0 Å². The van der Waals surface area contributed by atoms with Crippen LogP contribution >= 0.6 is 0 Å². The molecule has 0 aliphatic carbocycles. The monoisotopic (exact) mass is 287 g/mol. The first-order valence-corrected chi connectivity index (χ1v) is 6.61. The highest BCUT2D eigenvalue weighted by Gasteiger charge is 2.33. The highest BCUT2D eigenvalue weighted by molar-refractivity contribution is 5.39. The summed E-state index contributed by atoms with van der Waals surface area (Å²) in [6, 6.07) is 6.41. The van der Waals surface area contributed by atoms with Crippen LogP contribution in [0.5, 0.6) is 11.5 Å². The molecule has 0 bridgehead atoms. The average Bonchev–Trinajstić information content (AvgIpc) is 2.47. The Bertz CT molecular complexity index is 423. The molecule has 0 unspecified atom stereocenters. The molecule has 1 aromatic carbocycles. The minimum atomic E-state index is -3.22. The van der Waals surface area contributed by atoms with Gasteiger partial charge in [0.15, 0.2) is 11.5 Å². The minimum Gasteiger partial charge on any atom is -0.493 e. The van der Waals surface area contributed by atoms with Gasteiger partial charge in [0.25, 0.3) is 0 Å². The van der Waals surface area contributed by atoms with Crippen LogP contribution in [0.15, 0.2) is 24.3 Å². The fraction of sp³-hybridized carbons (Fsp3) is 0.571. The van der Waals surface area contributed by atoms with Crippen molar-refractivity contribution in [2.45, 2.75) is 12.5 Å². The second-order valence-electron chi connectivity index (χ2n) is 4.59. The van der Waals surface area contributed by atoms with E-state index in [-0.39, 0.29) is 18.7 Å². The molecule has 112 valence electrons. The Hall–Kier alpha value is -1.40. The third-order valence-corrected chi connectivity index (χ3v) is 3.15. The smallest absolute Gasteiger partial charge is 0.399 e. The highest BCUT2D eigenvalue weighted by atomic mass is 19.3. The minimum absolute atomic E-state index is 0.0574. The van der Waals surface area contributed by atoms with Crippen molar-refractivity contribution in [1.82, 2.24) is 4.90 Å². The van der Waals surface area contributed by atoms with E-state index in [2.05, 4.69) is 0 Å². The summed E-state index contributed by atoms with van der Waals surface area (Å²) in [7, 11) is 1.42. The van der Waals surface area contributed by atoms with Crippen molar-refractivity contribution in [2.24, 2.45) is 0 Å². The summed E-state index contributed by atoms with van der Waals surface area (Å²) in [5, 5.41) is 0. The van der Waals surface area contributed by atoms with Gasteiger partial charge >= 0.3 is 6.11 Å². The van der Waals surface area contributed by atoms with Gasteiger partial charge in [0, 0.05) is 19.6 Å². The number of halogens is 2. The third kappa shape index (κ3) is 4.31. The second kappa shape index (κ2) is 6.85. The number of methoxy groups -OCH3 is 1. The van der Waals surface area contributed by atoms with Crippen molar-refractivity contribution >= 4 is 0 Å². The predicted octanol–water partition coefficient (Wildman–Crippen LogP) is 2.39. The molecule has 1 heterocycles. The molecule has 0 radical (unpaired) electrons. The maximum Gasteiger partial charge on any atom is 0.399 e. The zero-order valence-corrected chi connectivity index (χ0v) is 11.5. The molecule has 0 saturated carbocycles. The van der Waals surface area contributed by atoms with Crippen LogP contribution in [0.1, 0.15) is 6.42 Å². The van der Waals surface area contributed by atoms with Crippen LogP contribution < -0.4 is 9.47 Å². The fourth-order valence-corrected chi connectivity index (χ4v) is 2.03. The van der Waals surface area contributed by atoms with Gasteiger partial charge in [0.2, 0.25) is 0 Å². The van der Waals surface area contributed by atoms with Gasteiger partial charge < -0.3 is 14.2 Å². The van der Waals surface area contributed by atoms with Crippen molar-refractivity contribution in [3.8, 4) is 11.5 Å². The molecule has 1 fully saturated rings. The van der Waals surface area contributed by atoms with Gasteiger partial charge in [0.1, 0.15) is 0 Å².